The molecule has 2 aliphatic rings. The number of benzene rings is 1. The van der Waals surface area contributed by atoms with E-state index in [-0.39, 0.29) is 11.4 Å². The van der Waals surface area contributed by atoms with E-state index in [2.05, 4.69) is 47.1 Å². The Labute approximate surface area is 152 Å². The molecule has 3 atom stereocenters. The lowest BCUT2D eigenvalue weighted by Crippen LogP contribution is -2.46. The van der Waals surface area contributed by atoms with Gasteiger partial charge in [-0.05, 0) is 36.3 Å². The number of anilines is 2. The fraction of sp³-hybridized carbons (Fsp3) is 0.611. The number of rotatable bonds is 2. The summed E-state index contributed by atoms with van der Waals surface area (Å²) in [7, 11) is 0. The van der Waals surface area contributed by atoms with Gasteiger partial charge in [0.25, 0.3) is 0 Å². The van der Waals surface area contributed by atoms with Crippen molar-refractivity contribution in [2.75, 3.05) is 23.4 Å². The molecule has 0 radical (unpaired) electrons. The molecule has 5 heteroatoms. The van der Waals surface area contributed by atoms with Gasteiger partial charge in [0.05, 0.1) is 18.0 Å². The smallest absolute Gasteiger partial charge is 0.323 e. The highest BCUT2D eigenvalue weighted by Crippen LogP contribution is 2.41. The number of alkyl halides is 1. The molecule has 2 amide bonds. The average Bonchev–Trinajstić information content (AvgIpc) is 2.91. The zero-order valence-corrected chi connectivity index (χ0v) is 16.1. The van der Waals surface area contributed by atoms with Crippen molar-refractivity contribution in [2.45, 2.75) is 43.5 Å². The third-order valence-electron chi connectivity index (χ3n) is 5.32. The van der Waals surface area contributed by atoms with Crippen LogP contribution in [0.25, 0.3) is 0 Å². The number of hydrogen-bond donors (Lipinski definition) is 2. The first kappa shape index (κ1) is 16.9. The molecule has 0 saturated heterocycles. The topological polar surface area (TPSA) is 44.4 Å². The van der Waals surface area contributed by atoms with E-state index in [1.807, 2.05) is 24.3 Å². The molecule has 2 N–H and O–H groups in total. The zero-order valence-electron chi connectivity index (χ0n) is 13.9. The van der Waals surface area contributed by atoms with Crippen LogP contribution in [-0.2, 0) is 0 Å². The van der Waals surface area contributed by atoms with Crippen LogP contribution in [0, 0.1) is 11.3 Å². The SMILES string of the molecule is CC1CCCC(C)(CNC(=O)N2CNc3ccccc32)[C@H](I)C1. The summed E-state index contributed by atoms with van der Waals surface area (Å²) in [5, 5.41) is 6.46. The Hall–Kier alpha value is -0.980. The van der Waals surface area contributed by atoms with Gasteiger partial charge in [0.2, 0.25) is 0 Å². The van der Waals surface area contributed by atoms with Crippen molar-refractivity contribution in [1.29, 1.82) is 0 Å². The first-order chi connectivity index (χ1) is 11.0. The van der Waals surface area contributed by atoms with Gasteiger partial charge < -0.3 is 10.6 Å². The Balaban J connectivity index is 1.63. The van der Waals surface area contributed by atoms with Crippen LogP contribution < -0.4 is 15.5 Å². The molecule has 1 heterocycles. The monoisotopic (exact) mass is 427 g/mol. The van der Waals surface area contributed by atoms with Crippen LogP contribution >= 0.6 is 22.6 Å². The van der Waals surface area contributed by atoms with Crippen molar-refractivity contribution in [1.82, 2.24) is 5.32 Å². The van der Waals surface area contributed by atoms with Gasteiger partial charge in [-0.15, -0.1) is 0 Å². The maximum atomic E-state index is 12.6. The summed E-state index contributed by atoms with van der Waals surface area (Å²) in [6.45, 7) is 5.98. The van der Waals surface area contributed by atoms with E-state index in [0.29, 0.717) is 10.6 Å². The highest BCUT2D eigenvalue weighted by atomic mass is 127. The summed E-state index contributed by atoms with van der Waals surface area (Å²) in [4.78, 5) is 14.4. The van der Waals surface area contributed by atoms with Crippen LogP contribution in [0.5, 0.6) is 0 Å². The van der Waals surface area contributed by atoms with E-state index in [1.165, 1.54) is 25.7 Å². The van der Waals surface area contributed by atoms with Crippen molar-refractivity contribution in [2.24, 2.45) is 11.3 Å². The van der Waals surface area contributed by atoms with E-state index in [0.717, 1.165) is 23.8 Å². The van der Waals surface area contributed by atoms with Crippen LogP contribution in [0.2, 0.25) is 0 Å². The van der Waals surface area contributed by atoms with Gasteiger partial charge in [0.15, 0.2) is 0 Å². The van der Waals surface area contributed by atoms with Gasteiger partial charge in [-0.25, -0.2) is 4.79 Å². The predicted octanol–water partition coefficient (Wildman–Crippen LogP) is 4.61. The second kappa shape index (κ2) is 6.87. The number of carbonyl (C=O) groups excluding carboxylic acids is 1. The molecule has 1 saturated carbocycles. The van der Waals surface area contributed by atoms with E-state index in [1.54, 1.807) is 4.90 Å². The molecule has 23 heavy (non-hydrogen) atoms. The van der Waals surface area contributed by atoms with Crippen molar-refractivity contribution >= 4 is 40.0 Å². The average molecular weight is 427 g/mol. The van der Waals surface area contributed by atoms with E-state index >= 15 is 0 Å². The number of nitrogens with one attached hydrogen (secondary N) is 2. The van der Waals surface area contributed by atoms with E-state index < -0.39 is 0 Å². The standard InChI is InChI=1S/C18H26IN3O/c1-13-6-5-9-18(2,16(19)10-13)11-20-17(23)22-12-21-14-7-3-4-8-15(14)22/h3-4,7-8,13,16,21H,5-6,9-12H2,1-2H3,(H,20,23)/t13?,16-,18?/m1/s1. The summed E-state index contributed by atoms with van der Waals surface area (Å²) >= 11 is 2.59. The fourth-order valence-corrected chi connectivity index (χ4v) is 5.03. The molecule has 1 fully saturated rings. The van der Waals surface area contributed by atoms with Crippen LogP contribution in [0.1, 0.15) is 39.5 Å². The molecule has 2 unspecified atom stereocenters. The molecule has 1 aromatic carbocycles. The van der Waals surface area contributed by atoms with Crippen LogP contribution in [0.4, 0.5) is 16.2 Å². The lowest BCUT2D eigenvalue weighted by molar-refractivity contribution is 0.233. The van der Waals surface area contributed by atoms with Gasteiger partial charge in [0, 0.05) is 10.5 Å². The Bertz CT molecular complexity index is 579. The molecule has 4 nitrogen and oxygen atoms in total. The fourth-order valence-electron chi connectivity index (χ4n) is 3.63. The number of fused-ring (bicyclic) bond motifs is 1. The highest BCUT2D eigenvalue weighted by Gasteiger charge is 2.36. The Kier molecular flexibility index (Phi) is 5.04. The minimum Gasteiger partial charge on any atom is -0.366 e. The van der Waals surface area contributed by atoms with Crippen molar-refractivity contribution in [3.05, 3.63) is 24.3 Å². The summed E-state index contributed by atoms with van der Waals surface area (Å²) < 4.78 is 0.613. The lowest BCUT2D eigenvalue weighted by Gasteiger charge is -2.34. The Morgan fingerprint density at radius 3 is 3.09 bits per heavy atom. The van der Waals surface area contributed by atoms with Gasteiger partial charge in [-0.2, -0.15) is 0 Å². The van der Waals surface area contributed by atoms with E-state index in [4.69, 9.17) is 0 Å². The number of hydrogen-bond acceptors (Lipinski definition) is 2. The number of amides is 2. The maximum absolute atomic E-state index is 12.6. The molecule has 0 aromatic heterocycles. The highest BCUT2D eigenvalue weighted by molar-refractivity contribution is 14.1. The minimum absolute atomic E-state index is 0.00423. The lowest BCUT2D eigenvalue weighted by atomic mass is 9.82. The number of halogens is 1. The second-order valence-electron chi connectivity index (χ2n) is 7.29. The third-order valence-corrected chi connectivity index (χ3v) is 7.33. The molecule has 0 spiro atoms. The first-order valence-electron chi connectivity index (χ1n) is 8.52. The molecular formula is C18H26IN3O. The summed E-state index contributed by atoms with van der Waals surface area (Å²) in [5.41, 5.74) is 2.19. The van der Waals surface area contributed by atoms with Crippen molar-refractivity contribution in [3.8, 4) is 0 Å². The molecule has 1 aromatic rings. The van der Waals surface area contributed by atoms with Gasteiger partial charge in [0.1, 0.15) is 0 Å². The largest absolute Gasteiger partial charge is 0.366 e. The number of nitrogens with zero attached hydrogens (tertiary/aromatic N) is 1. The predicted molar refractivity (Wildman–Crippen MR) is 104 cm³/mol. The molecule has 1 aliphatic heterocycles. The van der Waals surface area contributed by atoms with Gasteiger partial charge in [-0.1, -0.05) is 61.4 Å². The van der Waals surface area contributed by atoms with Crippen LogP contribution in [0.3, 0.4) is 0 Å². The number of para-hydroxylation sites is 2. The van der Waals surface area contributed by atoms with Crippen molar-refractivity contribution < 1.29 is 4.79 Å². The third kappa shape index (κ3) is 3.59. The van der Waals surface area contributed by atoms with Gasteiger partial charge >= 0.3 is 6.03 Å². The van der Waals surface area contributed by atoms with Crippen LogP contribution in [0.15, 0.2) is 24.3 Å². The quantitative estimate of drug-likeness (QED) is 0.412. The summed E-state index contributed by atoms with van der Waals surface area (Å²) in [6.07, 6.45) is 5.02. The minimum atomic E-state index is 0.00423. The van der Waals surface area contributed by atoms with E-state index in [9.17, 15) is 4.79 Å². The second-order valence-corrected chi connectivity index (χ2v) is 8.80. The molecule has 1 aliphatic carbocycles. The molecule has 126 valence electrons. The van der Waals surface area contributed by atoms with Crippen molar-refractivity contribution in [3.63, 3.8) is 0 Å². The Morgan fingerprint density at radius 1 is 1.48 bits per heavy atom. The molecule has 3 rings (SSSR count). The van der Waals surface area contributed by atoms with Crippen LogP contribution in [-0.4, -0.2) is 23.2 Å². The summed E-state index contributed by atoms with van der Waals surface area (Å²) in [5.74, 6) is 0.795. The maximum Gasteiger partial charge on any atom is 0.323 e. The first-order valence-corrected chi connectivity index (χ1v) is 9.76. The summed E-state index contributed by atoms with van der Waals surface area (Å²) in [6, 6.07) is 7.97. The normalized spacial score (nSPS) is 30.3. The number of carbonyl (C=O) groups is 1. The molecular weight excluding hydrogens is 401 g/mol. The molecule has 0 bridgehead atoms. The Morgan fingerprint density at radius 2 is 2.26 bits per heavy atom. The van der Waals surface area contributed by atoms with Gasteiger partial charge in [-0.3, -0.25) is 4.90 Å². The zero-order chi connectivity index (χ0) is 16.4. The number of urea groups is 1.